The predicted molar refractivity (Wildman–Crippen MR) is 128 cm³/mol. The van der Waals surface area contributed by atoms with Crippen LogP contribution in [0.25, 0.3) is 16.9 Å². The van der Waals surface area contributed by atoms with Gasteiger partial charge in [-0.2, -0.15) is 0 Å². The molecule has 1 aliphatic carbocycles. The minimum atomic E-state index is 0.130. The Hall–Kier alpha value is -2.97. The molecule has 1 aromatic carbocycles. The van der Waals surface area contributed by atoms with Crippen LogP contribution in [0.1, 0.15) is 37.8 Å². The number of aliphatic hydroxyl groups excluding tert-OH is 1. The molecular weight excluding hydrogens is 402 g/mol. The lowest BCUT2D eigenvalue weighted by Crippen LogP contribution is -2.25. The van der Waals surface area contributed by atoms with Gasteiger partial charge in [-0.3, -0.25) is 0 Å². The third-order valence-electron chi connectivity index (χ3n) is 5.85. The Balaban J connectivity index is 1.62. The third-order valence-corrected chi connectivity index (χ3v) is 5.85. The van der Waals surface area contributed by atoms with Gasteiger partial charge in [-0.05, 0) is 38.0 Å². The summed E-state index contributed by atoms with van der Waals surface area (Å²) in [7, 11) is 0. The number of benzene rings is 1. The molecule has 0 unspecified atom stereocenters. The van der Waals surface area contributed by atoms with E-state index in [0.29, 0.717) is 25.1 Å². The Morgan fingerprint density at radius 1 is 1.03 bits per heavy atom. The maximum Gasteiger partial charge on any atom is 0.223 e. The molecule has 4 N–H and O–H groups in total. The van der Waals surface area contributed by atoms with Gasteiger partial charge in [-0.1, -0.05) is 37.5 Å². The highest BCUT2D eigenvalue weighted by Gasteiger charge is 2.20. The van der Waals surface area contributed by atoms with E-state index in [4.69, 9.17) is 15.2 Å². The normalized spacial score (nSPS) is 14.4. The van der Waals surface area contributed by atoms with Crippen LogP contribution in [0.3, 0.4) is 0 Å². The van der Waals surface area contributed by atoms with Gasteiger partial charge in [-0.25, -0.2) is 14.6 Å². The van der Waals surface area contributed by atoms with Crippen molar-refractivity contribution in [3.8, 4) is 16.9 Å². The average molecular weight is 436 g/mol. The second-order valence-corrected chi connectivity index (χ2v) is 8.20. The fourth-order valence-electron chi connectivity index (χ4n) is 4.22. The van der Waals surface area contributed by atoms with Gasteiger partial charge in [0.1, 0.15) is 0 Å². The van der Waals surface area contributed by atoms with Crippen LogP contribution < -0.4 is 16.0 Å². The van der Waals surface area contributed by atoms with Crippen molar-refractivity contribution in [2.45, 2.75) is 45.1 Å². The van der Waals surface area contributed by atoms with Crippen molar-refractivity contribution in [2.75, 3.05) is 36.9 Å². The molecule has 0 aliphatic heterocycles. The molecule has 8 heteroatoms. The molecule has 3 aromatic rings. The monoisotopic (exact) mass is 435 g/mol. The second kappa shape index (κ2) is 11.1. The number of para-hydroxylation sites is 1. The highest BCUT2D eigenvalue weighted by atomic mass is 16.3. The minimum absolute atomic E-state index is 0.130. The summed E-state index contributed by atoms with van der Waals surface area (Å²) in [6.07, 6.45) is 8.01. The van der Waals surface area contributed by atoms with E-state index in [9.17, 15) is 0 Å². The van der Waals surface area contributed by atoms with Gasteiger partial charge in [0.2, 0.25) is 5.95 Å². The summed E-state index contributed by atoms with van der Waals surface area (Å²) in [6.45, 7) is 4.20. The first-order chi connectivity index (χ1) is 15.8. The summed E-state index contributed by atoms with van der Waals surface area (Å²) in [5.41, 5.74) is 3.85. The van der Waals surface area contributed by atoms with Crippen LogP contribution >= 0.6 is 0 Å². The highest BCUT2D eigenvalue weighted by Crippen LogP contribution is 2.32. The lowest BCUT2D eigenvalue weighted by atomic mass is 9.96. The number of aliphatic hydroxyl groups is 1. The predicted octanol–water partition coefficient (Wildman–Crippen LogP) is 3.38. The Morgan fingerprint density at radius 2 is 1.84 bits per heavy atom. The molecule has 1 fully saturated rings. The SMILES string of the molecule is Cc1c(-c2ccnc(NC3CCCCC3)n2)c(NCCNCCO)nn1-c1ccccc1. The smallest absolute Gasteiger partial charge is 0.223 e. The van der Waals surface area contributed by atoms with E-state index in [1.807, 2.05) is 47.3 Å². The van der Waals surface area contributed by atoms with Crippen molar-refractivity contribution in [3.63, 3.8) is 0 Å². The Bertz CT molecular complexity index is 983. The number of nitrogens with zero attached hydrogens (tertiary/aromatic N) is 4. The summed E-state index contributed by atoms with van der Waals surface area (Å²) >= 11 is 0. The van der Waals surface area contributed by atoms with Gasteiger partial charge in [0.15, 0.2) is 5.82 Å². The molecule has 4 rings (SSSR count). The van der Waals surface area contributed by atoms with E-state index in [0.717, 1.165) is 35.0 Å². The maximum absolute atomic E-state index is 8.97. The van der Waals surface area contributed by atoms with Crippen molar-refractivity contribution in [2.24, 2.45) is 0 Å². The largest absolute Gasteiger partial charge is 0.395 e. The molecule has 2 aromatic heterocycles. The number of nitrogens with one attached hydrogen (secondary N) is 3. The molecule has 0 radical (unpaired) electrons. The molecule has 2 heterocycles. The van der Waals surface area contributed by atoms with Crippen molar-refractivity contribution < 1.29 is 5.11 Å². The standard InChI is InChI=1S/C24H33N7O/c1-18-22(21-12-13-27-24(29-21)28-19-8-4-2-5-9-19)23(26-15-14-25-16-17-32)30-31(18)20-10-6-3-7-11-20/h3,6-7,10-13,19,25,32H,2,4-5,8-9,14-17H2,1H3,(H,26,30)(H,27,28,29). The van der Waals surface area contributed by atoms with Crippen LogP contribution in [0.15, 0.2) is 42.6 Å². The van der Waals surface area contributed by atoms with Crippen LogP contribution in [0.5, 0.6) is 0 Å². The fraction of sp³-hybridized carbons (Fsp3) is 0.458. The zero-order valence-corrected chi connectivity index (χ0v) is 18.7. The average Bonchev–Trinajstić information content (AvgIpc) is 3.16. The van der Waals surface area contributed by atoms with Gasteiger partial charge >= 0.3 is 0 Å². The molecule has 0 spiro atoms. The van der Waals surface area contributed by atoms with E-state index in [1.54, 1.807) is 0 Å². The van der Waals surface area contributed by atoms with Gasteiger partial charge in [-0.15, -0.1) is 5.10 Å². The van der Waals surface area contributed by atoms with Gasteiger partial charge in [0.25, 0.3) is 0 Å². The summed E-state index contributed by atoms with van der Waals surface area (Å²) < 4.78 is 1.95. The molecule has 0 amide bonds. The number of hydrogen-bond donors (Lipinski definition) is 4. The molecule has 1 aliphatic rings. The molecule has 0 atom stereocenters. The van der Waals surface area contributed by atoms with Crippen molar-refractivity contribution in [1.82, 2.24) is 25.1 Å². The van der Waals surface area contributed by atoms with Crippen LogP contribution in [0.4, 0.5) is 11.8 Å². The zero-order chi connectivity index (χ0) is 22.2. The number of anilines is 2. The number of aromatic nitrogens is 4. The Kier molecular flexibility index (Phi) is 7.68. The first-order valence-electron chi connectivity index (χ1n) is 11.6. The van der Waals surface area contributed by atoms with Crippen LogP contribution in [0.2, 0.25) is 0 Å². The van der Waals surface area contributed by atoms with Crippen molar-refractivity contribution in [3.05, 3.63) is 48.3 Å². The third kappa shape index (κ3) is 5.44. The molecular formula is C24H33N7O. The molecule has 1 saturated carbocycles. The molecule has 0 bridgehead atoms. The molecule has 170 valence electrons. The van der Waals surface area contributed by atoms with Crippen LogP contribution in [-0.2, 0) is 0 Å². The Morgan fingerprint density at radius 3 is 2.62 bits per heavy atom. The van der Waals surface area contributed by atoms with Gasteiger partial charge in [0.05, 0.1) is 29.2 Å². The molecule has 8 nitrogen and oxygen atoms in total. The minimum Gasteiger partial charge on any atom is -0.395 e. The zero-order valence-electron chi connectivity index (χ0n) is 18.7. The van der Waals surface area contributed by atoms with E-state index in [-0.39, 0.29) is 6.61 Å². The summed E-state index contributed by atoms with van der Waals surface area (Å²) in [4.78, 5) is 9.33. The highest BCUT2D eigenvalue weighted by molar-refractivity contribution is 5.76. The van der Waals surface area contributed by atoms with E-state index in [1.165, 1.54) is 32.1 Å². The van der Waals surface area contributed by atoms with Crippen LogP contribution in [-0.4, -0.2) is 57.1 Å². The quantitative estimate of drug-likeness (QED) is 0.362. The van der Waals surface area contributed by atoms with E-state index < -0.39 is 0 Å². The van der Waals surface area contributed by atoms with Crippen molar-refractivity contribution >= 4 is 11.8 Å². The maximum atomic E-state index is 8.97. The van der Waals surface area contributed by atoms with Crippen molar-refractivity contribution in [1.29, 1.82) is 0 Å². The second-order valence-electron chi connectivity index (χ2n) is 8.20. The first-order valence-corrected chi connectivity index (χ1v) is 11.6. The molecule has 0 saturated heterocycles. The summed E-state index contributed by atoms with van der Waals surface area (Å²) in [6, 6.07) is 12.5. The van der Waals surface area contributed by atoms with E-state index in [2.05, 4.69) is 27.9 Å². The van der Waals surface area contributed by atoms with Gasteiger partial charge in [0, 0.05) is 31.9 Å². The van der Waals surface area contributed by atoms with Gasteiger partial charge < -0.3 is 21.1 Å². The van der Waals surface area contributed by atoms with E-state index >= 15 is 0 Å². The lowest BCUT2D eigenvalue weighted by molar-refractivity contribution is 0.293. The molecule has 32 heavy (non-hydrogen) atoms. The Labute approximate surface area is 189 Å². The summed E-state index contributed by atoms with van der Waals surface area (Å²) in [5, 5.41) is 24.0. The summed E-state index contributed by atoms with van der Waals surface area (Å²) in [5.74, 6) is 1.47. The van der Waals surface area contributed by atoms with Crippen LogP contribution in [0, 0.1) is 6.92 Å². The number of hydrogen-bond acceptors (Lipinski definition) is 7. The number of rotatable bonds is 10. The first kappa shape index (κ1) is 22.2. The lowest BCUT2D eigenvalue weighted by Gasteiger charge is -2.22. The fourth-order valence-corrected chi connectivity index (χ4v) is 4.22. The topological polar surface area (TPSA) is 99.9 Å².